The van der Waals surface area contributed by atoms with Gasteiger partial charge in [-0.2, -0.15) is 5.10 Å². The molecular weight excluding hydrogens is 362 g/mol. The predicted octanol–water partition coefficient (Wildman–Crippen LogP) is 4.49. The molecule has 1 amide bonds. The smallest absolute Gasteiger partial charge is 0.255 e. The number of pyridine rings is 2. The minimum absolute atomic E-state index is 0.0998. The summed E-state index contributed by atoms with van der Waals surface area (Å²) in [6, 6.07) is 17.4. The molecule has 3 heterocycles. The number of hydrogen-bond donors (Lipinski definition) is 1. The number of amides is 1. The lowest BCUT2D eigenvalue weighted by molar-refractivity contribution is 0.102. The van der Waals surface area contributed by atoms with Crippen molar-refractivity contribution in [1.29, 1.82) is 0 Å². The van der Waals surface area contributed by atoms with Crippen molar-refractivity contribution in [3.63, 3.8) is 0 Å². The number of fused-ring (bicyclic) bond motifs is 1. The molecule has 1 atom stereocenters. The maximum atomic E-state index is 12.5. The third kappa shape index (κ3) is 3.82. The van der Waals surface area contributed by atoms with Crippen LogP contribution in [0.4, 0.5) is 11.5 Å². The molecule has 6 nitrogen and oxygen atoms in total. The Morgan fingerprint density at radius 1 is 1.10 bits per heavy atom. The molecule has 0 aliphatic heterocycles. The monoisotopic (exact) mass is 385 g/mol. The molecule has 0 aliphatic carbocycles. The number of hydrogen-bond acceptors (Lipinski definition) is 4. The van der Waals surface area contributed by atoms with Gasteiger partial charge in [-0.15, -0.1) is 0 Å². The summed E-state index contributed by atoms with van der Waals surface area (Å²) in [5, 5.41) is 7.32. The molecule has 0 aliphatic rings. The molecule has 1 unspecified atom stereocenters. The molecule has 1 N–H and O–H groups in total. The summed E-state index contributed by atoms with van der Waals surface area (Å²) in [6.07, 6.45) is 5.46. The molecule has 4 aromatic rings. The Bertz CT molecular complexity index is 1140. The van der Waals surface area contributed by atoms with E-state index in [1.807, 2.05) is 56.7 Å². The fourth-order valence-electron chi connectivity index (χ4n) is 3.23. The Kier molecular flexibility index (Phi) is 4.99. The molecule has 29 heavy (non-hydrogen) atoms. The zero-order chi connectivity index (χ0) is 20.4. The first-order chi connectivity index (χ1) is 14.0. The van der Waals surface area contributed by atoms with Crippen LogP contribution in [-0.4, -0.2) is 27.6 Å². The number of carbonyl (C=O) groups excluding carboxylic acids is 1. The highest BCUT2D eigenvalue weighted by molar-refractivity contribution is 6.06. The van der Waals surface area contributed by atoms with Crippen molar-refractivity contribution in [2.45, 2.75) is 19.9 Å². The Balaban J connectivity index is 1.61. The first-order valence-corrected chi connectivity index (χ1v) is 9.52. The maximum Gasteiger partial charge on any atom is 0.255 e. The molecule has 6 heteroatoms. The van der Waals surface area contributed by atoms with Crippen LogP contribution in [0.5, 0.6) is 0 Å². The molecule has 0 fully saturated rings. The van der Waals surface area contributed by atoms with Crippen molar-refractivity contribution in [2.75, 3.05) is 17.3 Å². The van der Waals surface area contributed by atoms with Crippen LogP contribution in [-0.2, 0) is 0 Å². The van der Waals surface area contributed by atoms with Gasteiger partial charge >= 0.3 is 0 Å². The van der Waals surface area contributed by atoms with E-state index in [9.17, 15) is 4.79 Å². The average Bonchev–Trinajstić information content (AvgIpc) is 3.15. The van der Waals surface area contributed by atoms with Gasteiger partial charge in [0.1, 0.15) is 5.82 Å². The zero-order valence-corrected chi connectivity index (χ0v) is 16.7. The Labute approximate surface area is 169 Å². The summed E-state index contributed by atoms with van der Waals surface area (Å²) in [5.41, 5.74) is 4.39. The van der Waals surface area contributed by atoms with Gasteiger partial charge in [-0.1, -0.05) is 24.3 Å². The van der Waals surface area contributed by atoms with Gasteiger partial charge in [0.05, 0.1) is 23.4 Å². The first kappa shape index (κ1) is 18.7. The number of aromatic nitrogens is 3. The highest BCUT2D eigenvalue weighted by atomic mass is 16.1. The summed E-state index contributed by atoms with van der Waals surface area (Å²) in [7, 11) is 2.03. The van der Waals surface area contributed by atoms with Crippen LogP contribution < -0.4 is 10.2 Å². The van der Waals surface area contributed by atoms with Gasteiger partial charge in [-0.25, -0.2) is 9.50 Å². The van der Waals surface area contributed by atoms with Gasteiger partial charge < -0.3 is 10.2 Å². The van der Waals surface area contributed by atoms with Crippen molar-refractivity contribution in [3.8, 4) is 0 Å². The zero-order valence-electron chi connectivity index (χ0n) is 16.7. The summed E-state index contributed by atoms with van der Waals surface area (Å²) in [5.74, 6) is 0.758. The van der Waals surface area contributed by atoms with Crippen LogP contribution in [0.3, 0.4) is 0 Å². The summed E-state index contributed by atoms with van der Waals surface area (Å²) in [4.78, 5) is 19.2. The number of aryl methyl sites for hydroxylation is 1. The van der Waals surface area contributed by atoms with E-state index in [1.165, 1.54) is 0 Å². The number of nitrogens with one attached hydrogen (secondary N) is 1. The number of nitrogens with zero attached hydrogens (tertiary/aromatic N) is 4. The molecule has 0 bridgehead atoms. The van der Waals surface area contributed by atoms with Crippen LogP contribution in [0.15, 0.2) is 73.2 Å². The SMILES string of the molecule is Cc1ccc(N(C)C(C)c2ccn3ncc(NC(=O)c4ccccc4)c3c2)nc1. The van der Waals surface area contributed by atoms with Gasteiger partial charge in [0.25, 0.3) is 5.91 Å². The van der Waals surface area contributed by atoms with E-state index < -0.39 is 0 Å². The lowest BCUT2D eigenvalue weighted by Crippen LogP contribution is -2.22. The predicted molar refractivity (Wildman–Crippen MR) is 115 cm³/mol. The van der Waals surface area contributed by atoms with E-state index in [4.69, 9.17) is 0 Å². The minimum Gasteiger partial charge on any atom is -0.353 e. The second kappa shape index (κ2) is 7.75. The van der Waals surface area contributed by atoms with Crippen molar-refractivity contribution in [1.82, 2.24) is 14.6 Å². The topological polar surface area (TPSA) is 62.5 Å². The number of carbonyl (C=O) groups is 1. The van der Waals surface area contributed by atoms with Gasteiger partial charge in [0.15, 0.2) is 0 Å². The quantitative estimate of drug-likeness (QED) is 0.550. The molecule has 146 valence electrons. The fraction of sp³-hybridized carbons (Fsp3) is 0.174. The first-order valence-electron chi connectivity index (χ1n) is 9.52. The third-order valence-corrected chi connectivity index (χ3v) is 5.15. The molecule has 0 saturated heterocycles. The Morgan fingerprint density at radius 3 is 2.62 bits per heavy atom. The Morgan fingerprint density at radius 2 is 1.90 bits per heavy atom. The molecular formula is C23H23N5O. The molecule has 3 aromatic heterocycles. The summed E-state index contributed by atoms with van der Waals surface area (Å²) >= 11 is 0. The number of anilines is 2. The Hall–Kier alpha value is -3.67. The third-order valence-electron chi connectivity index (χ3n) is 5.15. The maximum absolute atomic E-state index is 12.5. The van der Waals surface area contributed by atoms with Crippen molar-refractivity contribution >= 4 is 22.9 Å². The van der Waals surface area contributed by atoms with Gasteiger partial charge in [-0.05, 0) is 55.3 Å². The van der Waals surface area contributed by atoms with Crippen LogP contribution in [0.1, 0.15) is 34.5 Å². The lowest BCUT2D eigenvalue weighted by atomic mass is 10.1. The van der Waals surface area contributed by atoms with Crippen LogP contribution >= 0.6 is 0 Å². The highest BCUT2D eigenvalue weighted by Gasteiger charge is 2.16. The second-order valence-electron chi connectivity index (χ2n) is 7.15. The summed E-state index contributed by atoms with van der Waals surface area (Å²) in [6.45, 7) is 4.16. The van der Waals surface area contributed by atoms with Crippen molar-refractivity contribution in [3.05, 3.63) is 89.9 Å². The molecule has 1 aromatic carbocycles. The molecule has 4 rings (SSSR count). The standard InChI is InChI=1S/C23H23N5O/c1-16-9-10-22(24-14-16)27(3)17(2)19-11-12-28-21(13-19)20(15-25-28)26-23(29)18-7-5-4-6-8-18/h4-15,17H,1-3H3,(H,26,29). The van der Waals surface area contributed by atoms with Crippen molar-refractivity contribution in [2.24, 2.45) is 0 Å². The highest BCUT2D eigenvalue weighted by Crippen LogP contribution is 2.27. The molecule has 0 spiro atoms. The minimum atomic E-state index is -0.153. The number of benzene rings is 1. The van der Waals surface area contributed by atoms with E-state index in [2.05, 4.69) is 39.4 Å². The number of rotatable bonds is 5. The van der Waals surface area contributed by atoms with Gasteiger partial charge in [0.2, 0.25) is 0 Å². The van der Waals surface area contributed by atoms with E-state index in [0.717, 1.165) is 22.5 Å². The van der Waals surface area contributed by atoms with Crippen LogP contribution in [0.25, 0.3) is 5.52 Å². The van der Waals surface area contributed by atoms with Crippen LogP contribution in [0.2, 0.25) is 0 Å². The fourth-order valence-corrected chi connectivity index (χ4v) is 3.23. The van der Waals surface area contributed by atoms with Crippen molar-refractivity contribution < 1.29 is 4.79 Å². The van der Waals surface area contributed by atoms with E-state index in [0.29, 0.717) is 11.3 Å². The summed E-state index contributed by atoms with van der Waals surface area (Å²) < 4.78 is 1.76. The molecule has 0 radical (unpaired) electrons. The van der Waals surface area contributed by atoms with Gasteiger partial charge in [-0.3, -0.25) is 4.79 Å². The van der Waals surface area contributed by atoms with E-state index in [-0.39, 0.29) is 11.9 Å². The van der Waals surface area contributed by atoms with Crippen LogP contribution in [0, 0.1) is 6.92 Å². The largest absolute Gasteiger partial charge is 0.353 e. The second-order valence-corrected chi connectivity index (χ2v) is 7.15. The molecule has 0 saturated carbocycles. The van der Waals surface area contributed by atoms with E-state index >= 15 is 0 Å². The average molecular weight is 385 g/mol. The lowest BCUT2D eigenvalue weighted by Gasteiger charge is -2.26. The normalized spacial score (nSPS) is 12.0. The van der Waals surface area contributed by atoms with Gasteiger partial charge in [0, 0.05) is 25.0 Å². The van der Waals surface area contributed by atoms with E-state index in [1.54, 1.807) is 22.8 Å².